The number of fused-ring (bicyclic) bond motifs is 1. The largest absolute Gasteiger partial charge is 0.358 e. The SMILES string of the molecule is Cc1[nH]c2ccccc2c1C1C=CN(C)C=C1C=O. The third kappa shape index (κ3) is 1.87. The van der Waals surface area contributed by atoms with E-state index >= 15 is 0 Å². The zero-order valence-electron chi connectivity index (χ0n) is 11.1. The molecule has 19 heavy (non-hydrogen) atoms. The van der Waals surface area contributed by atoms with Gasteiger partial charge < -0.3 is 9.88 Å². The highest BCUT2D eigenvalue weighted by Gasteiger charge is 2.22. The minimum Gasteiger partial charge on any atom is -0.358 e. The van der Waals surface area contributed by atoms with Crippen molar-refractivity contribution in [1.29, 1.82) is 0 Å². The third-order valence-electron chi connectivity index (χ3n) is 3.62. The van der Waals surface area contributed by atoms with Gasteiger partial charge in [-0.25, -0.2) is 0 Å². The van der Waals surface area contributed by atoms with Crippen LogP contribution in [0.5, 0.6) is 0 Å². The number of rotatable bonds is 2. The van der Waals surface area contributed by atoms with E-state index in [9.17, 15) is 4.79 Å². The Morgan fingerprint density at radius 2 is 2.11 bits per heavy atom. The summed E-state index contributed by atoms with van der Waals surface area (Å²) in [6.07, 6.45) is 6.91. The van der Waals surface area contributed by atoms with Crippen molar-refractivity contribution >= 4 is 17.2 Å². The quantitative estimate of drug-likeness (QED) is 0.834. The van der Waals surface area contributed by atoms with Gasteiger partial charge in [-0.1, -0.05) is 24.3 Å². The predicted octanol–water partition coefficient (Wildman–Crippen LogP) is 3.10. The average molecular weight is 252 g/mol. The van der Waals surface area contributed by atoms with Crippen LogP contribution in [0.1, 0.15) is 17.2 Å². The fourth-order valence-electron chi connectivity index (χ4n) is 2.76. The number of allylic oxidation sites excluding steroid dienone is 2. The topological polar surface area (TPSA) is 36.1 Å². The normalized spacial score (nSPS) is 18.7. The van der Waals surface area contributed by atoms with Gasteiger partial charge in [0, 0.05) is 47.5 Å². The lowest BCUT2D eigenvalue weighted by atomic mass is 9.88. The zero-order chi connectivity index (χ0) is 13.4. The summed E-state index contributed by atoms with van der Waals surface area (Å²) in [6.45, 7) is 2.06. The number of aromatic amines is 1. The van der Waals surface area contributed by atoms with Crippen LogP contribution in [0, 0.1) is 6.92 Å². The number of hydrogen-bond donors (Lipinski definition) is 1. The van der Waals surface area contributed by atoms with E-state index in [0.29, 0.717) is 0 Å². The molecule has 1 atom stereocenters. The zero-order valence-corrected chi connectivity index (χ0v) is 11.1. The van der Waals surface area contributed by atoms with E-state index in [0.717, 1.165) is 23.1 Å². The molecule has 0 fully saturated rings. The monoisotopic (exact) mass is 252 g/mol. The lowest BCUT2D eigenvalue weighted by molar-refractivity contribution is -0.105. The second-order valence-electron chi connectivity index (χ2n) is 4.94. The van der Waals surface area contributed by atoms with Crippen molar-refractivity contribution in [3.05, 3.63) is 59.6 Å². The molecule has 0 aliphatic carbocycles. The number of nitrogens with zero attached hydrogens (tertiary/aromatic N) is 1. The van der Waals surface area contributed by atoms with Gasteiger partial charge in [0.05, 0.1) is 0 Å². The van der Waals surface area contributed by atoms with Crippen LogP contribution in [0.15, 0.2) is 48.3 Å². The number of hydrogen-bond acceptors (Lipinski definition) is 2. The first-order chi connectivity index (χ1) is 9.20. The van der Waals surface area contributed by atoms with E-state index in [1.54, 1.807) is 0 Å². The number of aldehydes is 1. The second-order valence-corrected chi connectivity index (χ2v) is 4.94. The number of carbonyl (C=O) groups excluding carboxylic acids is 1. The number of para-hydroxylation sites is 1. The molecule has 0 saturated carbocycles. The predicted molar refractivity (Wildman–Crippen MR) is 76.8 cm³/mol. The molecule has 0 saturated heterocycles. The number of aromatic nitrogens is 1. The van der Waals surface area contributed by atoms with Crippen LogP contribution in [0.2, 0.25) is 0 Å². The first-order valence-electron chi connectivity index (χ1n) is 6.35. The van der Waals surface area contributed by atoms with Crippen LogP contribution in [0.25, 0.3) is 10.9 Å². The van der Waals surface area contributed by atoms with Gasteiger partial charge in [0.15, 0.2) is 0 Å². The Bertz CT molecular complexity index is 694. The van der Waals surface area contributed by atoms with Crippen LogP contribution in [-0.2, 0) is 4.79 Å². The van der Waals surface area contributed by atoms with Crippen molar-refractivity contribution in [3.8, 4) is 0 Å². The number of H-pyrrole nitrogens is 1. The number of nitrogens with one attached hydrogen (secondary N) is 1. The Labute approximate surface area is 112 Å². The number of benzene rings is 1. The minimum absolute atomic E-state index is 0.0323. The molecule has 2 aromatic rings. The highest BCUT2D eigenvalue weighted by atomic mass is 16.1. The standard InChI is InChI=1S/C16H16N2O/c1-11-16(14-5-3-4-6-15(14)17-11)13-7-8-18(2)9-12(13)10-19/h3-10,13,17H,1-2H3. The van der Waals surface area contributed by atoms with E-state index in [4.69, 9.17) is 0 Å². The van der Waals surface area contributed by atoms with Gasteiger partial charge in [-0.05, 0) is 18.6 Å². The van der Waals surface area contributed by atoms with Gasteiger partial charge in [0.1, 0.15) is 6.29 Å². The van der Waals surface area contributed by atoms with Crippen molar-refractivity contribution in [2.24, 2.45) is 0 Å². The molecular weight excluding hydrogens is 236 g/mol. The molecule has 3 rings (SSSR count). The van der Waals surface area contributed by atoms with E-state index < -0.39 is 0 Å². The maximum absolute atomic E-state index is 11.3. The maximum atomic E-state index is 11.3. The highest BCUT2D eigenvalue weighted by molar-refractivity contribution is 5.88. The molecule has 96 valence electrons. The average Bonchev–Trinajstić information content (AvgIpc) is 2.74. The van der Waals surface area contributed by atoms with Crippen molar-refractivity contribution in [2.75, 3.05) is 7.05 Å². The van der Waals surface area contributed by atoms with Crippen LogP contribution < -0.4 is 0 Å². The van der Waals surface area contributed by atoms with E-state index in [1.807, 2.05) is 36.5 Å². The van der Waals surface area contributed by atoms with Gasteiger partial charge in [0.2, 0.25) is 0 Å². The summed E-state index contributed by atoms with van der Waals surface area (Å²) >= 11 is 0. The Morgan fingerprint density at radius 1 is 1.32 bits per heavy atom. The molecule has 1 N–H and O–H groups in total. The summed E-state index contributed by atoms with van der Waals surface area (Å²) in [5.41, 5.74) is 4.22. The molecule has 1 aromatic carbocycles. The molecule has 0 bridgehead atoms. The van der Waals surface area contributed by atoms with E-state index in [1.165, 1.54) is 10.9 Å². The summed E-state index contributed by atoms with van der Waals surface area (Å²) in [4.78, 5) is 16.6. The third-order valence-corrected chi connectivity index (χ3v) is 3.62. The first kappa shape index (κ1) is 11.8. The number of carbonyl (C=O) groups is 1. The van der Waals surface area contributed by atoms with Crippen LogP contribution >= 0.6 is 0 Å². The van der Waals surface area contributed by atoms with Gasteiger partial charge in [-0.2, -0.15) is 0 Å². The second kappa shape index (κ2) is 4.43. The Hall–Kier alpha value is -2.29. The van der Waals surface area contributed by atoms with Crippen LogP contribution in [0.3, 0.4) is 0 Å². The fourth-order valence-corrected chi connectivity index (χ4v) is 2.76. The van der Waals surface area contributed by atoms with Crippen molar-refractivity contribution in [1.82, 2.24) is 9.88 Å². The fraction of sp³-hybridized carbons (Fsp3) is 0.188. The molecule has 2 heterocycles. The van der Waals surface area contributed by atoms with Gasteiger partial charge in [0.25, 0.3) is 0 Å². The van der Waals surface area contributed by atoms with E-state index in [-0.39, 0.29) is 5.92 Å². The molecular formula is C16H16N2O. The summed E-state index contributed by atoms with van der Waals surface area (Å²) in [5.74, 6) is 0.0323. The van der Waals surface area contributed by atoms with Gasteiger partial charge >= 0.3 is 0 Å². The number of aryl methyl sites for hydroxylation is 1. The molecule has 0 spiro atoms. The molecule has 0 radical (unpaired) electrons. The summed E-state index contributed by atoms with van der Waals surface area (Å²) in [6, 6.07) is 8.21. The van der Waals surface area contributed by atoms with Crippen molar-refractivity contribution < 1.29 is 4.79 Å². The molecule has 1 unspecified atom stereocenters. The molecule has 0 amide bonds. The lowest BCUT2D eigenvalue weighted by Crippen LogP contribution is -2.14. The van der Waals surface area contributed by atoms with Crippen molar-refractivity contribution in [3.63, 3.8) is 0 Å². The summed E-state index contributed by atoms with van der Waals surface area (Å²) < 4.78 is 0. The molecule has 3 nitrogen and oxygen atoms in total. The highest BCUT2D eigenvalue weighted by Crippen LogP contribution is 2.35. The Balaban J connectivity index is 2.19. The molecule has 1 aliphatic rings. The summed E-state index contributed by atoms with van der Waals surface area (Å²) in [5, 5.41) is 1.19. The first-order valence-corrected chi connectivity index (χ1v) is 6.35. The van der Waals surface area contributed by atoms with E-state index in [2.05, 4.69) is 30.1 Å². The minimum atomic E-state index is 0.0323. The smallest absolute Gasteiger partial charge is 0.148 e. The van der Waals surface area contributed by atoms with Crippen LogP contribution in [-0.4, -0.2) is 23.2 Å². The maximum Gasteiger partial charge on any atom is 0.148 e. The molecule has 1 aliphatic heterocycles. The van der Waals surface area contributed by atoms with Crippen molar-refractivity contribution in [2.45, 2.75) is 12.8 Å². The Morgan fingerprint density at radius 3 is 2.89 bits per heavy atom. The summed E-state index contributed by atoms with van der Waals surface area (Å²) in [7, 11) is 1.93. The van der Waals surface area contributed by atoms with Gasteiger partial charge in [-0.3, -0.25) is 4.79 Å². The molecule has 3 heteroatoms. The van der Waals surface area contributed by atoms with Crippen LogP contribution in [0.4, 0.5) is 0 Å². The Kier molecular flexibility index (Phi) is 2.75. The lowest BCUT2D eigenvalue weighted by Gasteiger charge is -2.22. The van der Waals surface area contributed by atoms with Gasteiger partial charge in [-0.15, -0.1) is 0 Å². The molecule has 1 aromatic heterocycles.